The molecule has 1 aliphatic carbocycles. The van der Waals surface area contributed by atoms with E-state index in [1.54, 1.807) is 7.11 Å². The van der Waals surface area contributed by atoms with Crippen LogP contribution in [0.15, 0.2) is 39.9 Å². The van der Waals surface area contributed by atoms with E-state index < -0.39 is 11.1 Å². The van der Waals surface area contributed by atoms with Crippen LogP contribution in [-0.2, 0) is 12.8 Å². The zero-order valence-corrected chi connectivity index (χ0v) is 13.4. The van der Waals surface area contributed by atoms with E-state index >= 15 is 0 Å². The number of ether oxygens (including phenoxy) is 1. The van der Waals surface area contributed by atoms with Gasteiger partial charge >= 0.3 is 11.1 Å². The number of aromatic nitrogens is 2. The summed E-state index contributed by atoms with van der Waals surface area (Å²) in [7, 11) is 1.63. The lowest BCUT2D eigenvalue weighted by Gasteiger charge is -2.20. The van der Waals surface area contributed by atoms with Crippen LogP contribution in [0.1, 0.15) is 24.0 Å². The van der Waals surface area contributed by atoms with E-state index in [2.05, 4.69) is 16.0 Å². The molecule has 0 saturated carbocycles. The number of aryl methyl sites for hydroxylation is 2. The molecule has 2 N–H and O–H groups in total. The van der Waals surface area contributed by atoms with Gasteiger partial charge in [-0.1, -0.05) is 12.1 Å². The standard InChI is InChI=1S/C19H18N2O3/c1-24-13-7-4-6-11(9-13)15-10-12-5-2-3-8-14(12)16-17(15)21-19(23)18(22)20-16/h4,6-7,9-10H,2-3,5,8H2,1H3,(H,20,22)(H,21,23). The van der Waals surface area contributed by atoms with Crippen molar-refractivity contribution in [2.75, 3.05) is 7.11 Å². The normalized spacial score (nSPS) is 13.7. The lowest BCUT2D eigenvalue weighted by atomic mass is 9.87. The van der Waals surface area contributed by atoms with Crippen molar-refractivity contribution in [3.8, 4) is 16.9 Å². The van der Waals surface area contributed by atoms with Gasteiger partial charge in [0.2, 0.25) is 0 Å². The summed E-state index contributed by atoms with van der Waals surface area (Å²) in [6, 6.07) is 9.86. The molecule has 0 fully saturated rings. The number of methoxy groups -OCH3 is 1. The Morgan fingerprint density at radius 2 is 1.71 bits per heavy atom. The van der Waals surface area contributed by atoms with E-state index in [0.717, 1.165) is 53.6 Å². The van der Waals surface area contributed by atoms with Crippen LogP contribution in [-0.4, -0.2) is 17.1 Å². The first-order valence-electron chi connectivity index (χ1n) is 8.13. The molecular weight excluding hydrogens is 304 g/mol. The van der Waals surface area contributed by atoms with Crippen LogP contribution in [0.25, 0.3) is 22.2 Å². The fraction of sp³-hybridized carbons (Fsp3) is 0.263. The largest absolute Gasteiger partial charge is 0.497 e. The fourth-order valence-electron chi connectivity index (χ4n) is 3.53. The van der Waals surface area contributed by atoms with Crippen LogP contribution in [0.3, 0.4) is 0 Å². The number of aromatic amines is 2. The lowest BCUT2D eigenvalue weighted by molar-refractivity contribution is 0.415. The number of hydrogen-bond donors (Lipinski definition) is 2. The molecule has 0 aliphatic heterocycles. The quantitative estimate of drug-likeness (QED) is 0.712. The highest BCUT2D eigenvalue weighted by Crippen LogP contribution is 2.35. The number of fused-ring (bicyclic) bond motifs is 3. The second-order valence-electron chi connectivity index (χ2n) is 6.16. The molecule has 1 aliphatic rings. The van der Waals surface area contributed by atoms with Crippen molar-refractivity contribution in [2.45, 2.75) is 25.7 Å². The van der Waals surface area contributed by atoms with E-state index in [9.17, 15) is 9.59 Å². The maximum Gasteiger partial charge on any atom is 0.314 e. The molecule has 122 valence electrons. The molecule has 0 bridgehead atoms. The first kappa shape index (κ1) is 14.8. The van der Waals surface area contributed by atoms with E-state index in [1.807, 2.05) is 24.3 Å². The topological polar surface area (TPSA) is 75.0 Å². The lowest BCUT2D eigenvalue weighted by Crippen LogP contribution is -2.29. The Balaban J connectivity index is 2.09. The third-order valence-corrected chi connectivity index (χ3v) is 4.71. The molecule has 0 radical (unpaired) electrons. The number of rotatable bonds is 2. The van der Waals surface area contributed by atoms with E-state index in [0.29, 0.717) is 5.52 Å². The molecule has 5 nitrogen and oxygen atoms in total. The van der Waals surface area contributed by atoms with E-state index in [1.165, 1.54) is 5.56 Å². The molecule has 0 saturated heterocycles. The van der Waals surface area contributed by atoms with Gasteiger partial charge in [-0.3, -0.25) is 9.59 Å². The van der Waals surface area contributed by atoms with Crippen LogP contribution in [0.5, 0.6) is 5.75 Å². The average Bonchev–Trinajstić information content (AvgIpc) is 2.62. The minimum Gasteiger partial charge on any atom is -0.497 e. The predicted octanol–water partition coefficient (Wildman–Crippen LogP) is 2.77. The van der Waals surface area contributed by atoms with Crippen molar-refractivity contribution in [1.82, 2.24) is 9.97 Å². The van der Waals surface area contributed by atoms with Gasteiger partial charge in [0.1, 0.15) is 5.75 Å². The van der Waals surface area contributed by atoms with Crippen molar-refractivity contribution in [2.24, 2.45) is 0 Å². The van der Waals surface area contributed by atoms with Gasteiger partial charge in [-0.15, -0.1) is 0 Å². The van der Waals surface area contributed by atoms with Gasteiger partial charge in [0, 0.05) is 5.56 Å². The fourth-order valence-corrected chi connectivity index (χ4v) is 3.53. The molecule has 2 aromatic carbocycles. The maximum atomic E-state index is 11.9. The Labute approximate surface area is 138 Å². The summed E-state index contributed by atoms with van der Waals surface area (Å²) >= 11 is 0. The summed E-state index contributed by atoms with van der Waals surface area (Å²) < 4.78 is 5.31. The zero-order chi connectivity index (χ0) is 16.7. The van der Waals surface area contributed by atoms with Gasteiger partial charge in [0.05, 0.1) is 18.1 Å². The van der Waals surface area contributed by atoms with Crippen molar-refractivity contribution < 1.29 is 4.74 Å². The molecule has 3 aromatic rings. The van der Waals surface area contributed by atoms with E-state index in [-0.39, 0.29) is 0 Å². The summed E-state index contributed by atoms with van der Waals surface area (Å²) in [6.45, 7) is 0. The van der Waals surface area contributed by atoms with Crippen molar-refractivity contribution >= 4 is 11.0 Å². The van der Waals surface area contributed by atoms with Gasteiger partial charge in [0.15, 0.2) is 0 Å². The van der Waals surface area contributed by atoms with Gasteiger partial charge in [-0.2, -0.15) is 0 Å². The van der Waals surface area contributed by atoms with Gasteiger partial charge in [-0.05, 0) is 60.6 Å². The number of nitrogens with one attached hydrogen (secondary N) is 2. The van der Waals surface area contributed by atoms with Crippen LogP contribution < -0.4 is 15.9 Å². The highest BCUT2D eigenvalue weighted by Gasteiger charge is 2.18. The number of benzene rings is 2. The molecule has 0 atom stereocenters. The number of H-pyrrole nitrogens is 2. The Morgan fingerprint density at radius 1 is 0.958 bits per heavy atom. The number of hydrogen-bond acceptors (Lipinski definition) is 3. The maximum absolute atomic E-state index is 11.9. The Bertz CT molecular complexity index is 1050. The summed E-state index contributed by atoms with van der Waals surface area (Å²) in [5.41, 5.74) is 4.49. The second-order valence-corrected chi connectivity index (χ2v) is 6.16. The molecular formula is C19H18N2O3. The Morgan fingerprint density at radius 3 is 2.50 bits per heavy atom. The molecule has 0 amide bonds. The zero-order valence-electron chi connectivity index (χ0n) is 13.4. The second kappa shape index (κ2) is 5.67. The SMILES string of the molecule is COc1cccc(-c2cc3c(c4[nH]c(=O)c(=O)[nH]c24)CCCC3)c1. The molecule has 4 rings (SSSR count). The average molecular weight is 322 g/mol. The highest BCUT2D eigenvalue weighted by atomic mass is 16.5. The highest BCUT2D eigenvalue weighted by molar-refractivity contribution is 5.94. The Kier molecular flexibility index (Phi) is 3.49. The smallest absolute Gasteiger partial charge is 0.314 e. The Hall–Kier alpha value is -2.82. The first-order valence-corrected chi connectivity index (χ1v) is 8.13. The molecule has 24 heavy (non-hydrogen) atoms. The summed E-state index contributed by atoms with van der Waals surface area (Å²) in [5, 5.41) is 0. The summed E-state index contributed by atoms with van der Waals surface area (Å²) in [4.78, 5) is 29.3. The molecule has 0 unspecified atom stereocenters. The first-order chi connectivity index (χ1) is 11.7. The van der Waals surface area contributed by atoms with Crippen LogP contribution >= 0.6 is 0 Å². The molecule has 5 heteroatoms. The minimum absolute atomic E-state index is 0.599. The van der Waals surface area contributed by atoms with Crippen LogP contribution in [0.2, 0.25) is 0 Å². The summed E-state index contributed by atoms with van der Waals surface area (Å²) in [5.74, 6) is 0.755. The van der Waals surface area contributed by atoms with Crippen molar-refractivity contribution in [1.29, 1.82) is 0 Å². The van der Waals surface area contributed by atoms with Crippen LogP contribution in [0, 0.1) is 0 Å². The third-order valence-electron chi connectivity index (χ3n) is 4.71. The van der Waals surface area contributed by atoms with Gasteiger partial charge in [0.25, 0.3) is 0 Å². The molecule has 0 spiro atoms. The van der Waals surface area contributed by atoms with E-state index in [4.69, 9.17) is 4.74 Å². The minimum atomic E-state index is -0.623. The summed E-state index contributed by atoms with van der Waals surface area (Å²) in [6.07, 6.45) is 4.15. The monoisotopic (exact) mass is 322 g/mol. The van der Waals surface area contributed by atoms with Crippen molar-refractivity contribution in [3.63, 3.8) is 0 Å². The van der Waals surface area contributed by atoms with Crippen molar-refractivity contribution in [3.05, 3.63) is 62.2 Å². The molecule has 1 heterocycles. The van der Waals surface area contributed by atoms with Crippen LogP contribution in [0.4, 0.5) is 0 Å². The van der Waals surface area contributed by atoms with Gasteiger partial charge < -0.3 is 14.7 Å². The predicted molar refractivity (Wildman–Crippen MR) is 93.8 cm³/mol. The molecule has 1 aromatic heterocycles. The van der Waals surface area contributed by atoms with Gasteiger partial charge in [-0.25, -0.2) is 0 Å². The third kappa shape index (κ3) is 2.33.